The van der Waals surface area contributed by atoms with Crippen molar-refractivity contribution in [1.82, 2.24) is 20.1 Å². The molecule has 162 valence electrons. The molecule has 1 heterocycles. The molecule has 0 aliphatic heterocycles. The maximum absolute atomic E-state index is 12.5. The molecule has 0 aliphatic rings. The highest BCUT2D eigenvalue weighted by atomic mass is 32.2. The lowest BCUT2D eigenvalue weighted by Crippen LogP contribution is -2.42. The average Bonchev–Trinajstić information content (AvgIpc) is 3.15. The summed E-state index contributed by atoms with van der Waals surface area (Å²) in [6.45, 7) is 5.80. The lowest BCUT2D eigenvalue weighted by Gasteiger charge is -2.19. The van der Waals surface area contributed by atoms with Crippen molar-refractivity contribution >= 4 is 23.7 Å². The number of imide groups is 1. The molecule has 3 rings (SSSR count). The van der Waals surface area contributed by atoms with Gasteiger partial charge in [0.15, 0.2) is 11.0 Å². The van der Waals surface area contributed by atoms with Gasteiger partial charge in [-0.2, -0.15) is 0 Å². The van der Waals surface area contributed by atoms with Crippen LogP contribution in [0.3, 0.4) is 0 Å². The summed E-state index contributed by atoms with van der Waals surface area (Å²) in [4.78, 5) is 23.7. The van der Waals surface area contributed by atoms with Crippen molar-refractivity contribution in [2.45, 2.75) is 31.2 Å². The Hall–Kier alpha value is -3.33. The number of ether oxygens (including phenoxy) is 1. The third-order valence-electron chi connectivity index (χ3n) is 4.60. The smallest absolute Gasteiger partial charge is 0.318 e. The van der Waals surface area contributed by atoms with Gasteiger partial charge in [0.2, 0.25) is 5.91 Å². The predicted octanol–water partition coefficient (Wildman–Crippen LogP) is 3.56. The Morgan fingerprint density at radius 1 is 1.13 bits per heavy atom. The summed E-state index contributed by atoms with van der Waals surface area (Å²) in [7, 11) is 1.61. The lowest BCUT2D eigenvalue weighted by atomic mass is 10.1. The van der Waals surface area contributed by atoms with Crippen LogP contribution < -0.4 is 15.8 Å². The Kier molecular flexibility index (Phi) is 6.96. The summed E-state index contributed by atoms with van der Waals surface area (Å²) in [5.74, 6) is 0.774. The van der Waals surface area contributed by atoms with Gasteiger partial charge in [0, 0.05) is 11.3 Å². The van der Waals surface area contributed by atoms with Crippen LogP contribution >= 0.6 is 11.8 Å². The molecule has 0 bridgehead atoms. The van der Waals surface area contributed by atoms with Crippen LogP contribution in [0.4, 0.5) is 4.79 Å². The van der Waals surface area contributed by atoms with Crippen molar-refractivity contribution in [3.8, 4) is 22.8 Å². The molecule has 9 heteroatoms. The van der Waals surface area contributed by atoms with E-state index in [1.165, 1.54) is 11.8 Å². The first-order chi connectivity index (χ1) is 14.8. The molecule has 1 unspecified atom stereocenters. The van der Waals surface area contributed by atoms with Crippen LogP contribution in [-0.4, -0.2) is 39.1 Å². The van der Waals surface area contributed by atoms with Gasteiger partial charge < -0.3 is 10.5 Å². The second-order valence-corrected chi connectivity index (χ2v) is 8.45. The molecule has 31 heavy (non-hydrogen) atoms. The molecule has 0 radical (unpaired) electrons. The number of carbonyl (C=O) groups is 2. The van der Waals surface area contributed by atoms with Gasteiger partial charge >= 0.3 is 6.03 Å². The van der Waals surface area contributed by atoms with Crippen LogP contribution in [0.15, 0.2) is 53.7 Å². The Labute approximate surface area is 185 Å². The summed E-state index contributed by atoms with van der Waals surface area (Å²) in [5, 5.41) is 10.9. The number of aromatic nitrogens is 3. The highest BCUT2D eigenvalue weighted by Gasteiger charge is 2.28. The van der Waals surface area contributed by atoms with Gasteiger partial charge in [-0.15, -0.1) is 10.2 Å². The van der Waals surface area contributed by atoms with E-state index in [1.807, 2.05) is 73.9 Å². The van der Waals surface area contributed by atoms with Crippen molar-refractivity contribution in [3.63, 3.8) is 0 Å². The third kappa shape index (κ3) is 5.24. The second-order valence-electron chi connectivity index (χ2n) is 7.35. The van der Waals surface area contributed by atoms with Gasteiger partial charge in [-0.1, -0.05) is 55.4 Å². The molecule has 1 atom stereocenters. The fourth-order valence-corrected chi connectivity index (χ4v) is 4.07. The number of rotatable bonds is 7. The summed E-state index contributed by atoms with van der Waals surface area (Å²) < 4.78 is 7.24. The molecular formula is C22H25N5O3S. The molecule has 8 nitrogen and oxygen atoms in total. The number of hydrogen-bond donors (Lipinski definition) is 2. The first kappa shape index (κ1) is 22.4. The zero-order valence-electron chi connectivity index (χ0n) is 17.8. The van der Waals surface area contributed by atoms with E-state index in [-0.39, 0.29) is 5.92 Å². The number of thioether (sulfide) groups is 1. The first-order valence-corrected chi connectivity index (χ1v) is 10.6. The Morgan fingerprint density at radius 3 is 2.45 bits per heavy atom. The van der Waals surface area contributed by atoms with E-state index in [9.17, 15) is 9.59 Å². The van der Waals surface area contributed by atoms with Crippen LogP contribution in [0.5, 0.6) is 5.75 Å². The molecule has 1 aromatic heterocycles. The number of benzene rings is 2. The van der Waals surface area contributed by atoms with Crippen LogP contribution in [0.25, 0.3) is 17.1 Å². The largest absolute Gasteiger partial charge is 0.497 e. The molecule has 2 aromatic carbocycles. The highest BCUT2D eigenvalue weighted by Crippen LogP contribution is 2.33. The normalized spacial score (nSPS) is 11.9. The zero-order valence-corrected chi connectivity index (χ0v) is 18.6. The quantitative estimate of drug-likeness (QED) is 0.545. The number of nitrogens with one attached hydrogen (secondary N) is 1. The molecule has 0 aliphatic carbocycles. The van der Waals surface area contributed by atoms with Gasteiger partial charge in [0.1, 0.15) is 5.75 Å². The fraction of sp³-hybridized carbons (Fsp3) is 0.273. The van der Waals surface area contributed by atoms with E-state index >= 15 is 0 Å². The standard InChI is InChI=1S/C22H25N5O3S/c1-13(2)18(20(28)24-21(23)29)31-22-26-25-19(15-6-5-7-17(12-15)30-4)27(22)16-10-8-14(3)9-11-16/h5-13,18H,1-4H3,(H3,23,24,28,29). The first-order valence-electron chi connectivity index (χ1n) is 9.74. The predicted molar refractivity (Wildman–Crippen MR) is 120 cm³/mol. The third-order valence-corrected chi connectivity index (χ3v) is 6.08. The Balaban J connectivity index is 2.09. The maximum atomic E-state index is 12.5. The minimum atomic E-state index is -0.881. The minimum Gasteiger partial charge on any atom is -0.497 e. The number of methoxy groups -OCH3 is 1. The van der Waals surface area contributed by atoms with Gasteiger partial charge in [0.05, 0.1) is 12.4 Å². The van der Waals surface area contributed by atoms with Gasteiger partial charge in [0.25, 0.3) is 0 Å². The van der Waals surface area contributed by atoms with Crippen molar-refractivity contribution in [2.75, 3.05) is 7.11 Å². The van der Waals surface area contributed by atoms with Crippen LogP contribution in [-0.2, 0) is 4.79 Å². The fourth-order valence-electron chi connectivity index (χ4n) is 3.02. The molecule has 3 aromatic rings. The van der Waals surface area contributed by atoms with Gasteiger partial charge in [-0.3, -0.25) is 14.7 Å². The van der Waals surface area contributed by atoms with E-state index in [4.69, 9.17) is 10.5 Å². The number of amides is 3. The second kappa shape index (κ2) is 9.65. The van der Waals surface area contributed by atoms with Crippen molar-refractivity contribution in [1.29, 1.82) is 0 Å². The maximum Gasteiger partial charge on any atom is 0.318 e. The van der Waals surface area contributed by atoms with Crippen LogP contribution in [0.2, 0.25) is 0 Å². The summed E-state index contributed by atoms with van der Waals surface area (Å²) in [6, 6.07) is 14.6. The van der Waals surface area contributed by atoms with Gasteiger partial charge in [-0.25, -0.2) is 4.79 Å². The van der Waals surface area contributed by atoms with E-state index in [0.717, 1.165) is 16.8 Å². The summed E-state index contributed by atoms with van der Waals surface area (Å²) in [6.07, 6.45) is 0. The average molecular weight is 440 g/mol. The monoisotopic (exact) mass is 439 g/mol. The molecule has 0 fully saturated rings. The van der Waals surface area contributed by atoms with Crippen LogP contribution in [0.1, 0.15) is 19.4 Å². The Morgan fingerprint density at radius 2 is 1.84 bits per heavy atom. The number of nitrogens with zero attached hydrogens (tertiary/aromatic N) is 3. The number of urea groups is 1. The highest BCUT2D eigenvalue weighted by molar-refractivity contribution is 8.00. The van der Waals surface area contributed by atoms with E-state index in [1.54, 1.807) is 7.11 Å². The van der Waals surface area contributed by atoms with Crippen molar-refractivity contribution in [3.05, 3.63) is 54.1 Å². The summed E-state index contributed by atoms with van der Waals surface area (Å²) >= 11 is 1.24. The Bertz CT molecular complexity index is 1080. The molecule has 0 saturated heterocycles. The molecule has 3 N–H and O–H groups in total. The summed E-state index contributed by atoms with van der Waals surface area (Å²) in [5.41, 5.74) is 7.94. The number of carbonyl (C=O) groups excluding carboxylic acids is 2. The SMILES string of the molecule is COc1cccc(-c2nnc(SC(C(=O)NC(N)=O)C(C)C)n2-c2ccc(C)cc2)c1. The van der Waals surface area contributed by atoms with Crippen LogP contribution in [0, 0.1) is 12.8 Å². The van der Waals surface area contributed by atoms with Crippen molar-refractivity contribution in [2.24, 2.45) is 11.7 Å². The number of aryl methyl sites for hydroxylation is 1. The topological polar surface area (TPSA) is 112 Å². The van der Waals surface area contributed by atoms with E-state index in [2.05, 4.69) is 15.5 Å². The number of nitrogens with two attached hydrogens (primary N) is 1. The van der Waals surface area contributed by atoms with E-state index < -0.39 is 17.2 Å². The molecular weight excluding hydrogens is 414 g/mol. The minimum absolute atomic E-state index is 0.0761. The molecule has 3 amide bonds. The zero-order chi connectivity index (χ0) is 22.5. The number of hydrogen-bond acceptors (Lipinski definition) is 6. The van der Waals surface area contributed by atoms with Crippen molar-refractivity contribution < 1.29 is 14.3 Å². The molecule has 0 spiro atoms. The lowest BCUT2D eigenvalue weighted by molar-refractivity contribution is -0.120. The molecule has 0 saturated carbocycles. The van der Waals surface area contributed by atoms with E-state index in [0.29, 0.717) is 16.7 Å². The van der Waals surface area contributed by atoms with Gasteiger partial charge in [-0.05, 0) is 37.1 Å². The number of primary amides is 1.